The van der Waals surface area contributed by atoms with E-state index in [4.69, 9.17) is 0 Å². The van der Waals surface area contributed by atoms with Gasteiger partial charge in [-0.3, -0.25) is 0 Å². The molecule has 1 aromatic carbocycles. The number of benzene rings is 1. The molecule has 0 radical (unpaired) electrons. The van der Waals surface area contributed by atoms with Gasteiger partial charge in [-0.05, 0) is 24.8 Å². The highest BCUT2D eigenvalue weighted by atomic mass is 15.2. The molecule has 2 aliphatic heterocycles. The second-order valence-corrected chi connectivity index (χ2v) is 4.95. The van der Waals surface area contributed by atoms with Gasteiger partial charge in [-0.1, -0.05) is 30.3 Å². The van der Waals surface area contributed by atoms with Crippen LogP contribution in [0.15, 0.2) is 30.3 Å². The van der Waals surface area contributed by atoms with Gasteiger partial charge >= 0.3 is 0 Å². The van der Waals surface area contributed by atoms with Gasteiger partial charge in [0.25, 0.3) is 0 Å². The molecular formula is C13H18N2. The van der Waals surface area contributed by atoms with E-state index in [-0.39, 0.29) is 0 Å². The Kier molecular flexibility index (Phi) is 2.26. The van der Waals surface area contributed by atoms with E-state index in [1.807, 2.05) is 0 Å². The predicted octanol–water partition coefficient (Wildman–Crippen LogP) is 1.32. The molecule has 2 N–H and O–H groups in total. The van der Waals surface area contributed by atoms with Crippen LogP contribution in [0.25, 0.3) is 0 Å². The van der Waals surface area contributed by atoms with Crippen LogP contribution in [0.2, 0.25) is 0 Å². The molecule has 3 rings (SSSR count). The highest BCUT2D eigenvalue weighted by Crippen LogP contribution is 2.29. The lowest BCUT2D eigenvalue weighted by Crippen LogP contribution is -2.59. The van der Waals surface area contributed by atoms with Crippen LogP contribution in [-0.2, 0) is 6.42 Å². The van der Waals surface area contributed by atoms with Crippen molar-refractivity contribution in [3.63, 3.8) is 0 Å². The van der Waals surface area contributed by atoms with Crippen LogP contribution >= 0.6 is 0 Å². The van der Waals surface area contributed by atoms with Crippen molar-refractivity contribution in [1.82, 2.24) is 10.6 Å². The molecule has 0 amide bonds. The molecule has 2 unspecified atom stereocenters. The molecule has 0 saturated carbocycles. The Balaban J connectivity index is 1.77. The Hall–Kier alpha value is -0.860. The Bertz CT molecular complexity index is 332. The van der Waals surface area contributed by atoms with Crippen molar-refractivity contribution in [2.24, 2.45) is 0 Å². The third kappa shape index (κ3) is 1.80. The summed E-state index contributed by atoms with van der Waals surface area (Å²) in [7, 11) is 0. The summed E-state index contributed by atoms with van der Waals surface area (Å²) >= 11 is 0. The molecule has 15 heavy (non-hydrogen) atoms. The van der Waals surface area contributed by atoms with Crippen LogP contribution in [0.1, 0.15) is 18.4 Å². The Morgan fingerprint density at radius 2 is 2.13 bits per heavy atom. The van der Waals surface area contributed by atoms with Gasteiger partial charge in [0.2, 0.25) is 0 Å². The molecule has 1 aromatic rings. The average molecular weight is 202 g/mol. The predicted molar refractivity (Wildman–Crippen MR) is 61.9 cm³/mol. The second-order valence-electron chi connectivity index (χ2n) is 4.95. The number of rotatable bonds is 2. The summed E-state index contributed by atoms with van der Waals surface area (Å²) in [6, 6.07) is 11.5. The minimum Gasteiger partial charge on any atom is -0.313 e. The summed E-state index contributed by atoms with van der Waals surface area (Å²) < 4.78 is 0. The van der Waals surface area contributed by atoms with Crippen molar-refractivity contribution in [3.8, 4) is 0 Å². The summed E-state index contributed by atoms with van der Waals surface area (Å²) in [5.41, 5.74) is 1.79. The summed E-state index contributed by atoms with van der Waals surface area (Å²) in [6.07, 6.45) is 3.82. The fraction of sp³-hybridized carbons (Fsp3) is 0.538. The Morgan fingerprint density at radius 1 is 1.27 bits per heavy atom. The van der Waals surface area contributed by atoms with Crippen LogP contribution in [-0.4, -0.2) is 24.7 Å². The molecule has 0 spiro atoms. The molecule has 2 aliphatic rings. The van der Waals surface area contributed by atoms with E-state index >= 15 is 0 Å². The highest BCUT2D eigenvalue weighted by molar-refractivity contribution is 5.20. The van der Waals surface area contributed by atoms with Gasteiger partial charge in [0.05, 0.1) is 0 Å². The largest absolute Gasteiger partial charge is 0.313 e. The van der Waals surface area contributed by atoms with Crippen LogP contribution < -0.4 is 10.6 Å². The SMILES string of the molecule is c1ccc(CC23CCC(CNC2)N3)cc1. The van der Waals surface area contributed by atoms with Gasteiger partial charge in [-0.25, -0.2) is 0 Å². The van der Waals surface area contributed by atoms with Gasteiger partial charge in [0.15, 0.2) is 0 Å². The fourth-order valence-electron chi connectivity index (χ4n) is 2.99. The average Bonchev–Trinajstić information content (AvgIpc) is 2.55. The number of nitrogens with one attached hydrogen (secondary N) is 2. The van der Waals surface area contributed by atoms with E-state index in [0.29, 0.717) is 11.6 Å². The van der Waals surface area contributed by atoms with Crippen molar-refractivity contribution < 1.29 is 0 Å². The summed E-state index contributed by atoms with van der Waals surface area (Å²) in [5.74, 6) is 0. The zero-order valence-electron chi connectivity index (χ0n) is 9.00. The quantitative estimate of drug-likeness (QED) is 0.756. The molecule has 2 nitrogen and oxygen atoms in total. The lowest BCUT2D eigenvalue weighted by molar-refractivity contribution is 0.292. The van der Waals surface area contributed by atoms with Crippen LogP contribution in [0.4, 0.5) is 0 Å². The third-order valence-corrected chi connectivity index (χ3v) is 3.72. The van der Waals surface area contributed by atoms with Gasteiger partial charge in [-0.15, -0.1) is 0 Å². The van der Waals surface area contributed by atoms with E-state index < -0.39 is 0 Å². The molecule has 2 saturated heterocycles. The summed E-state index contributed by atoms with van der Waals surface area (Å²) in [4.78, 5) is 0. The topological polar surface area (TPSA) is 24.1 Å². The lowest BCUT2D eigenvalue weighted by Gasteiger charge is -2.35. The minimum atomic E-state index is 0.338. The van der Waals surface area contributed by atoms with Crippen molar-refractivity contribution >= 4 is 0 Å². The smallest absolute Gasteiger partial charge is 0.0350 e. The van der Waals surface area contributed by atoms with E-state index in [2.05, 4.69) is 41.0 Å². The maximum atomic E-state index is 3.79. The first-order chi connectivity index (χ1) is 7.36. The van der Waals surface area contributed by atoms with Crippen molar-refractivity contribution in [1.29, 1.82) is 0 Å². The number of piperazine rings is 1. The van der Waals surface area contributed by atoms with E-state index in [1.165, 1.54) is 18.4 Å². The van der Waals surface area contributed by atoms with Gasteiger partial charge in [0, 0.05) is 24.7 Å². The van der Waals surface area contributed by atoms with Crippen LogP contribution in [0.3, 0.4) is 0 Å². The van der Waals surface area contributed by atoms with Crippen molar-refractivity contribution in [2.45, 2.75) is 30.8 Å². The Labute approximate surface area is 91.1 Å². The monoisotopic (exact) mass is 202 g/mol. The van der Waals surface area contributed by atoms with Crippen LogP contribution in [0.5, 0.6) is 0 Å². The standard InChI is InChI=1S/C13H18N2/c1-2-4-11(5-3-1)8-13-7-6-12(15-13)9-14-10-13/h1-5,12,14-15H,6-10H2. The molecule has 2 atom stereocenters. The van der Waals surface area contributed by atoms with Crippen molar-refractivity contribution in [3.05, 3.63) is 35.9 Å². The first kappa shape index (κ1) is 9.37. The molecule has 2 heterocycles. The highest BCUT2D eigenvalue weighted by Gasteiger charge is 2.40. The Morgan fingerprint density at radius 3 is 3.00 bits per heavy atom. The minimum absolute atomic E-state index is 0.338. The molecule has 0 aliphatic carbocycles. The molecule has 2 fully saturated rings. The molecular weight excluding hydrogens is 184 g/mol. The van der Waals surface area contributed by atoms with E-state index in [1.54, 1.807) is 0 Å². The second kappa shape index (κ2) is 3.62. The first-order valence-electron chi connectivity index (χ1n) is 5.89. The molecule has 0 aromatic heterocycles. The zero-order valence-corrected chi connectivity index (χ0v) is 9.00. The summed E-state index contributed by atoms with van der Waals surface area (Å²) in [5, 5.41) is 7.34. The summed E-state index contributed by atoms with van der Waals surface area (Å²) in [6.45, 7) is 2.27. The van der Waals surface area contributed by atoms with Gasteiger partial charge < -0.3 is 10.6 Å². The normalized spacial score (nSPS) is 34.3. The molecule has 2 heteroatoms. The van der Waals surface area contributed by atoms with Gasteiger partial charge in [0.1, 0.15) is 0 Å². The molecule has 80 valence electrons. The zero-order chi connectivity index (χ0) is 10.1. The van der Waals surface area contributed by atoms with Crippen LogP contribution in [0, 0.1) is 0 Å². The van der Waals surface area contributed by atoms with E-state index in [9.17, 15) is 0 Å². The number of hydrogen-bond acceptors (Lipinski definition) is 2. The maximum absolute atomic E-state index is 3.79. The van der Waals surface area contributed by atoms with Gasteiger partial charge in [-0.2, -0.15) is 0 Å². The fourth-order valence-corrected chi connectivity index (χ4v) is 2.99. The van der Waals surface area contributed by atoms with E-state index in [0.717, 1.165) is 19.5 Å². The lowest BCUT2D eigenvalue weighted by atomic mass is 9.89. The third-order valence-electron chi connectivity index (χ3n) is 3.72. The molecule has 2 bridgehead atoms. The first-order valence-corrected chi connectivity index (χ1v) is 5.89. The number of fused-ring (bicyclic) bond motifs is 2. The van der Waals surface area contributed by atoms with Crippen molar-refractivity contribution in [2.75, 3.05) is 13.1 Å². The maximum Gasteiger partial charge on any atom is 0.0350 e. The number of hydrogen-bond donors (Lipinski definition) is 2.